The van der Waals surface area contributed by atoms with Crippen molar-refractivity contribution in [1.82, 2.24) is 4.90 Å². The van der Waals surface area contributed by atoms with Crippen LogP contribution in [0.4, 0.5) is 0 Å². The Morgan fingerprint density at radius 1 is 1.45 bits per heavy atom. The molecule has 1 saturated carbocycles. The van der Waals surface area contributed by atoms with Gasteiger partial charge in [-0.25, -0.2) is 0 Å². The fraction of sp³-hybridized carbons (Fsp3) is 1.00. The fourth-order valence-corrected chi connectivity index (χ4v) is 2.20. The van der Waals surface area contributed by atoms with E-state index in [0.717, 1.165) is 6.42 Å². The second-order valence-electron chi connectivity index (χ2n) is 4.00. The van der Waals surface area contributed by atoms with Crippen LogP contribution in [-0.2, 0) is 4.74 Å². The highest BCUT2D eigenvalue weighted by molar-refractivity contribution is 5.05. The van der Waals surface area contributed by atoms with Gasteiger partial charge in [0.05, 0.1) is 12.2 Å². The lowest BCUT2D eigenvalue weighted by Gasteiger charge is -2.17. The lowest BCUT2D eigenvalue weighted by molar-refractivity contribution is 0.223. The molecule has 11 heavy (non-hydrogen) atoms. The topological polar surface area (TPSA) is 41.6 Å². The standard InChI is InChI=1S/C8H14N2O/c9-6-3-7-8(11-7)5(6)4-10-1-2-10/h5-8H,1-4,9H2. The molecule has 0 bridgehead atoms. The smallest absolute Gasteiger partial charge is 0.0897 e. The minimum Gasteiger partial charge on any atom is -0.369 e. The summed E-state index contributed by atoms with van der Waals surface area (Å²) >= 11 is 0. The van der Waals surface area contributed by atoms with E-state index in [9.17, 15) is 0 Å². The van der Waals surface area contributed by atoms with E-state index in [4.69, 9.17) is 10.5 Å². The first-order chi connectivity index (χ1) is 5.34. The molecule has 0 aromatic carbocycles. The summed E-state index contributed by atoms with van der Waals surface area (Å²) in [6.45, 7) is 3.74. The molecule has 2 N–H and O–H groups in total. The average Bonchev–Trinajstić information content (AvgIpc) is 2.77. The van der Waals surface area contributed by atoms with Crippen LogP contribution in [0.2, 0.25) is 0 Å². The summed E-state index contributed by atoms with van der Waals surface area (Å²) in [5.74, 6) is 0.641. The van der Waals surface area contributed by atoms with Crippen molar-refractivity contribution >= 4 is 0 Å². The van der Waals surface area contributed by atoms with Crippen LogP contribution in [0.15, 0.2) is 0 Å². The number of hydrogen-bond acceptors (Lipinski definition) is 3. The van der Waals surface area contributed by atoms with E-state index in [-0.39, 0.29) is 0 Å². The molecule has 0 aromatic heterocycles. The second kappa shape index (κ2) is 1.97. The van der Waals surface area contributed by atoms with Gasteiger partial charge in [-0.15, -0.1) is 0 Å². The minimum atomic E-state index is 0.416. The Morgan fingerprint density at radius 2 is 2.27 bits per heavy atom. The summed E-state index contributed by atoms with van der Waals surface area (Å²) in [6.07, 6.45) is 2.17. The zero-order valence-corrected chi connectivity index (χ0v) is 6.57. The van der Waals surface area contributed by atoms with Gasteiger partial charge in [0, 0.05) is 31.6 Å². The Hall–Kier alpha value is -0.120. The maximum atomic E-state index is 5.97. The number of nitrogens with two attached hydrogens (primary N) is 1. The number of rotatable bonds is 2. The summed E-state index contributed by atoms with van der Waals surface area (Å²) in [5, 5.41) is 0. The fourth-order valence-electron chi connectivity index (χ4n) is 2.20. The molecule has 2 heterocycles. The Balaban J connectivity index is 1.65. The zero-order valence-electron chi connectivity index (χ0n) is 6.57. The molecule has 4 atom stereocenters. The molecule has 1 aliphatic carbocycles. The number of nitrogens with zero attached hydrogens (tertiary/aromatic N) is 1. The Bertz CT molecular complexity index is 179. The Kier molecular flexibility index (Phi) is 1.15. The molecule has 2 saturated heterocycles. The van der Waals surface area contributed by atoms with Crippen molar-refractivity contribution in [1.29, 1.82) is 0 Å². The van der Waals surface area contributed by atoms with Crippen molar-refractivity contribution in [3.8, 4) is 0 Å². The van der Waals surface area contributed by atoms with E-state index in [1.807, 2.05) is 0 Å². The predicted octanol–water partition coefficient (Wildman–Crippen LogP) is -0.583. The summed E-state index contributed by atoms with van der Waals surface area (Å²) < 4.78 is 5.46. The van der Waals surface area contributed by atoms with Gasteiger partial charge in [0.25, 0.3) is 0 Å². The average molecular weight is 154 g/mol. The molecule has 3 heteroatoms. The van der Waals surface area contributed by atoms with Crippen molar-refractivity contribution < 1.29 is 4.74 Å². The van der Waals surface area contributed by atoms with E-state index in [1.165, 1.54) is 19.6 Å². The first-order valence-corrected chi connectivity index (χ1v) is 4.48. The normalized spacial score (nSPS) is 54.3. The van der Waals surface area contributed by atoms with Crippen molar-refractivity contribution in [2.45, 2.75) is 24.7 Å². The van der Waals surface area contributed by atoms with E-state index in [2.05, 4.69) is 4.90 Å². The molecule has 62 valence electrons. The van der Waals surface area contributed by atoms with Crippen molar-refractivity contribution in [2.75, 3.05) is 19.6 Å². The van der Waals surface area contributed by atoms with E-state index in [1.54, 1.807) is 0 Å². The molecule has 0 aromatic rings. The Morgan fingerprint density at radius 3 is 2.82 bits per heavy atom. The van der Waals surface area contributed by atoms with E-state index in [0.29, 0.717) is 24.2 Å². The first-order valence-electron chi connectivity index (χ1n) is 4.48. The van der Waals surface area contributed by atoms with Crippen LogP contribution >= 0.6 is 0 Å². The van der Waals surface area contributed by atoms with E-state index < -0.39 is 0 Å². The zero-order chi connectivity index (χ0) is 7.42. The monoisotopic (exact) mass is 154 g/mol. The molecule has 0 amide bonds. The van der Waals surface area contributed by atoms with Crippen LogP contribution in [0.5, 0.6) is 0 Å². The van der Waals surface area contributed by atoms with Gasteiger partial charge < -0.3 is 15.4 Å². The number of epoxide rings is 1. The third-order valence-electron chi connectivity index (χ3n) is 3.11. The molecular formula is C8H14N2O. The third-order valence-corrected chi connectivity index (χ3v) is 3.11. The highest BCUT2D eigenvalue weighted by Gasteiger charge is 2.54. The maximum absolute atomic E-state index is 5.97. The SMILES string of the molecule is NC1CC2OC2C1CN1CC1. The largest absolute Gasteiger partial charge is 0.369 e. The van der Waals surface area contributed by atoms with Crippen LogP contribution in [-0.4, -0.2) is 42.8 Å². The first kappa shape index (κ1) is 6.40. The third kappa shape index (κ3) is 0.991. The molecular weight excluding hydrogens is 140 g/mol. The summed E-state index contributed by atoms with van der Waals surface area (Å²) in [6, 6.07) is 0.416. The summed E-state index contributed by atoms with van der Waals surface area (Å²) in [7, 11) is 0. The second-order valence-corrected chi connectivity index (χ2v) is 4.00. The molecule has 3 fully saturated rings. The number of hydrogen-bond donors (Lipinski definition) is 1. The summed E-state index contributed by atoms with van der Waals surface area (Å²) in [4.78, 5) is 2.44. The van der Waals surface area contributed by atoms with Gasteiger partial charge in [-0.05, 0) is 6.42 Å². The molecule has 3 rings (SSSR count). The maximum Gasteiger partial charge on any atom is 0.0897 e. The van der Waals surface area contributed by atoms with Gasteiger partial charge in [0.2, 0.25) is 0 Å². The molecule has 3 nitrogen and oxygen atoms in total. The van der Waals surface area contributed by atoms with Crippen LogP contribution in [0, 0.1) is 5.92 Å². The van der Waals surface area contributed by atoms with Crippen LogP contribution in [0.3, 0.4) is 0 Å². The van der Waals surface area contributed by atoms with Crippen LogP contribution in [0.1, 0.15) is 6.42 Å². The summed E-state index contributed by atoms with van der Waals surface area (Å²) in [5.41, 5.74) is 5.97. The highest BCUT2D eigenvalue weighted by Crippen LogP contribution is 2.43. The van der Waals surface area contributed by atoms with Crippen LogP contribution in [0.25, 0.3) is 0 Å². The Labute approximate surface area is 66.5 Å². The van der Waals surface area contributed by atoms with Crippen LogP contribution < -0.4 is 5.73 Å². The number of ether oxygens (including phenoxy) is 1. The van der Waals surface area contributed by atoms with Crippen molar-refractivity contribution in [2.24, 2.45) is 11.7 Å². The number of fused-ring (bicyclic) bond motifs is 1. The van der Waals surface area contributed by atoms with Crippen molar-refractivity contribution in [3.63, 3.8) is 0 Å². The quantitative estimate of drug-likeness (QED) is 0.541. The van der Waals surface area contributed by atoms with Gasteiger partial charge >= 0.3 is 0 Å². The van der Waals surface area contributed by atoms with Gasteiger partial charge in [-0.3, -0.25) is 0 Å². The molecule has 3 aliphatic rings. The molecule has 0 spiro atoms. The van der Waals surface area contributed by atoms with E-state index >= 15 is 0 Å². The van der Waals surface area contributed by atoms with Gasteiger partial charge in [-0.2, -0.15) is 0 Å². The van der Waals surface area contributed by atoms with Crippen molar-refractivity contribution in [3.05, 3.63) is 0 Å². The van der Waals surface area contributed by atoms with Gasteiger partial charge in [0.15, 0.2) is 0 Å². The van der Waals surface area contributed by atoms with Gasteiger partial charge in [0.1, 0.15) is 0 Å². The minimum absolute atomic E-state index is 0.416. The highest BCUT2D eigenvalue weighted by atomic mass is 16.6. The lowest BCUT2D eigenvalue weighted by atomic mass is 10.0. The van der Waals surface area contributed by atoms with Gasteiger partial charge in [-0.1, -0.05) is 0 Å². The molecule has 2 aliphatic heterocycles. The lowest BCUT2D eigenvalue weighted by Crippen LogP contribution is -2.34. The molecule has 0 radical (unpaired) electrons. The molecule has 4 unspecified atom stereocenters. The predicted molar refractivity (Wildman–Crippen MR) is 41.2 cm³/mol.